The summed E-state index contributed by atoms with van der Waals surface area (Å²) in [5, 5.41) is 4.68. The van der Waals surface area contributed by atoms with Crippen molar-refractivity contribution in [2.75, 3.05) is 6.61 Å². The Kier molecular flexibility index (Phi) is 6.64. The molecular weight excluding hydrogens is 347 g/mol. The molecule has 0 spiro atoms. The van der Waals surface area contributed by atoms with Gasteiger partial charge in [-0.2, -0.15) is 5.10 Å². The van der Waals surface area contributed by atoms with Crippen molar-refractivity contribution < 1.29 is 9.53 Å². The number of benzene rings is 2. The number of hydrazone groups is 1. The van der Waals surface area contributed by atoms with Gasteiger partial charge >= 0.3 is 0 Å². The first-order valence-corrected chi connectivity index (χ1v) is 8.22. The van der Waals surface area contributed by atoms with Crippen LogP contribution in [-0.2, 0) is 0 Å². The predicted octanol–water partition coefficient (Wildman–Crippen LogP) is 4.79. The van der Waals surface area contributed by atoms with Crippen molar-refractivity contribution in [2.24, 2.45) is 11.0 Å². The smallest absolute Gasteiger partial charge is 0.272 e. The Morgan fingerprint density at radius 3 is 2.54 bits per heavy atom. The summed E-state index contributed by atoms with van der Waals surface area (Å²) in [6, 6.07) is 12.1. The van der Waals surface area contributed by atoms with Crippen LogP contribution in [0.5, 0.6) is 5.75 Å². The van der Waals surface area contributed by atoms with Gasteiger partial charge in [-0.15, -0.1) is 0 Å². The second-order valence-electron chi connectivity index (χ2n) is 5.60. The summed E-state index contributed by atoms with van der Waals surface area (Å²) in [5.41, 5.74) is 3.59. The quantitative estimate of drug-likeness (QED) is 0.591. The highest BCUT2D eigenvalue weighted by molar-refractivity contribution is 6.36. The monoisotopic (exact) mass is 364 g/mol. The molecule has 0 aromatic heterocycles. The number of carbonyl (C=O) groups excluding carboxylic acids is 1. The first kappa shape index (κ1) is 18.3. The SMILES string of the molecule is CC(C)COc1ccc(/C=N\NC(=O)c2ccc(Cl)cc2Cl)cc1. The Bertz CT molecular complexity index is 728. The van der Waals surface area contributed by atoms with Gasteiger partial charge in [-0.05, 0) is 53.9 Å². The van der Waals surface area contributed by atoms with Crippen molar-refractivity contribution in [1.29, 1.82) is 0 Å². The number of hydrogen-bond donors (Lipinski definition) is 1. The van der Waals surface area contributed by atoms with Gasteiger partial charge in [-0.3, -0.25) is 4.79 Å². The second-order valence-corrected chi connectivity index (χ2v) is 6.44. The van der Waals surface area contributed by atoms with Crippen molar-refractivity contribution in [3.8, 4) is 5.75 Å². The third kappa shape index (κ3) is 5.55. The van der Waals surface area contributed by atoms with Crippen LogP contribution in [0.1, 0.15) is 29.8 Å². The van der Waals surface area contributed by atoms with E-state index < -0.39 is 5.91 Å². The highest BCUT2D eigenvalue weighted by Gasteiger charge is 2.09. The summed E-state index contributed by atoms with van der Waals surface area (Å²) in [5.74, 6) is 0.878. The molecule has 2 aromatic rings. The first-order chi connectivity index (χ1) is 11.5. The molecule has 126 valence electrons. The number of hydrogen-bond acceptors (Lipinski definition) is 3. The van der Waals surface area contributed by atoms with Crippen LogP contribution in [0.15, 0.2) is 47.6 Å². The molecule has 0 fully saturated rings. The van der Waals surface area contributed by atoms with Crippen LogP contribution in [0.2, 0.25) is 10.0 Å². The zero-order chi connectivity index (χ0) is 17.5. The molecule has 0 radical (unpaired) electrons. The maximum atomic E-state index is 12.0. The van der Waals surface area contributed by atoms with E-state index in [0.29, 0.717) is 23.1 Å². The summed E-state index contributed by atoms with van der Waals surface area (Å²) >= 11 is 11.8. The van der Waals surface area contributed by atoms with Crippen molar-refractivity contribution in [3.63, 3.8) is 0 Å². The minimum absolute atomic E-state index is 0.279. The molecular formula is C18H18Cl2N2O2. The lowest BCUT2D eigenvalue weighted by atomic mass is 10.2. The Morgan fingerprint density at radius 2 is 1.92 bits per heavy atom. The van der Waals surface area contributed by atoms with E-state index in [4.69, 9.17) is 27.9 Å². The molecule has 0 atom stereocenters. The minimum Gasteiger partial charge on any atom is -0.493 e. The summed E-state index contributed by atoms with van der Waals surface area (Å²) in [4.78, 5) is 12.0. The van der Waals surface area contributed by atoms with Crippen LogP contribution in [0.25, 0.3) is 0 Å². The van der Waals surface area contributed by atoms with Gasteiger partial charge in [-0.1, -0.05) is 37.0 Å². The van der Waals surface area contributed by atoms with Gasteiger partial charge in [0.1, 0.15) is 5.75 Å². The molecule has 6 heteroatoms. The number of rotatable bonds is 6. The van der Waals surface area contributed by atoms with Gasteiger partial charge in [0.25, 0.3) is 5.91 Å². The molecule has 4 nitrogen and oxygen atoms in total. The van der Waals surface area contributed by atoms with E-state index >= 15 is 0 Å². The Balaban J connectivity index is 1.92. The summed E-state index contributed by atoms with van der Waals surface area (Å²) in [6.45, 7) is 4.86. The van der Waals surface area contributed by atoms with E-state index in [0.717, 1.165) is 11.3 Å². The predicted molar refractivity (Wildman–Crippen MR) is 98.3 cm³/mol. The third-order valence-corrected chi connectivity index (χ3v) is 3.57. The summed E-state index contributed by atoms with van der Waals surface area (Å²) in [6.07, 6.45) is 1.55. The number of nitrogens with zero attached hydrogens (tertiary/aromatic N) is 1. The molecule has 24 heavy (non-hydrogen) atoms. The highest BCUT2D eigenvalue weighted by atomic mass is 35.5. The van der Waals surface area contributed by atoms with Gasteiger partial charge in [0, 0.05) is 5.02 Å². The normalized spacial score (nSPS) is 11.0. The molecule has 1 amide bonds. The van der Waals surface area contributed by atoms with Crippen molar-refractivity contribution in [2.45, 2.75) is 13.8 Å². The lowest BCUT2D eigenvalue weighted by molar-refractivity contribution is 0.0955. The molecule has 0 aliphatic carbocycles. The molecule has 2 rings (SSSR count). The van der Waals surface area contributed by atoms with Gasteiger partial charge < -0.3 is 4.74 Å². The van der Waals surface area contributed by atoms with Gasteiger partial charge in [0.15, 0.2) is 0 Å². The minimum atomic E-state index is -0.398. The fraction of sp³-hybridized carbons (Fsp3) is 0.222. The maximum absolute atomic E-state index is 12.0. The first-order valence-electron chi connectivity index (χ1n) is 7.47. The van der Waals surface area contributed by atoms with Crippen LogP contribution in [0, 0.1) is 5.92 Å². The fourth-order valence-corrected chi connectivity index (χ4v) is 2.31. The van der Waals surface area contributed by atoms with Crippen molar-refractivity contribution >= 4 is 35.3 Å². The standard InChI is InChI=1S/C18H18Cl2N2O2/c1-12(2)11-24-15-6-3-13(4-7-15)10-21-22-18(23)16-8-5-14(19)9-17(16)20/h3-10,12H,11H2,1-2H3,(H,22,23)/b21-10-. The largest absolute Gasteiger partial charge is 0.493 e. The second kappa shape index (κ2) is 8.71. The lowest BCUT2D eigenvalue weighted by Gasteiger charge is -2.08. The number of halogens is 2. The number of nitrogens with one attached hydrogen (secondary N) is 1. The molecule has 1 N–H and O–H groups in total. The van der Waals surface area contributed by atoms with E-state index in [1.54, 1.807) is 18.3 Å². The Hall–Kier alpha value is -2.04. The fourth-order valence-electron chi connectivity index (χ4n) is 1.81. The van der Waals surface area contributed by atoms with E-state index in [-0.39, 0.29) is 5.02 Å². The average molecular weight is 365 g/mol. The van der Waals surface area contributed by atoms with Crippen LogP contribution in [0.3, 0.4) is 0 Å². The molecule has 0 unspecified atom stereocenters. The van der Waals surface area contributed by atoms with Crippen molar-refractivity contribution in [1.82, 2.24) is 5.43 Å². The van der Waals surface area contributed by atoms with E-state index in [9.17, 15) is 4.79 Å². The van der Waals surface area contributed by atoms with Crippen LogP contribution < -0.4 is 10.2 Å². The van der Waals surface area contributed by atoms with Gasteiger partial charge in [0.2, 0.25) is 0 Å². The molecule has 0 aliphatic heterocycles. The summed E-state index contributed by atoms with van der Waals surface area (Å²) < 4.78 is 5.61. The Morgan fingerprint density at radius 1 is 1.21 bits per heavy atom. The van der Waals surface area contributed by atoms with Crippen LogP contribution in [-0.4, -0.2) is 18.7 Å². The zero-order valence-electron chi connectivity index (χ0n) is 13.4. The molecule has 0 aliphatic rings. The maximum Gasteiger partial charge on any atom is 0.272 e. The number of ether oxygens (including phenoxy) is 1. The van der Waals surface area contributed by atoms with Gasteiger partial charge in [0.05, 0.1) is 23.4 Å². The molecule has 2 aromatic carbocycles. The molecule has 0 bridgehead atoms. The highest BCUT2D eigenvalue weighted by Crippen LogP contribution is 2.20. The summed E-state index contributed by atoms with van der Waals surface area (Å²) in [7, 11) is 0. The van der Waals surface area contributed by atoms with Crippen LogP contribution in [0.4, 0.5) is 0 Å². The topological polar surface area (TPSA) is 50.7 Å². The van der Waals surface area contributed by atoms with Crippen molar-refractivity contribution in [3.05, 3.63) is 63.6 Å². The van der Waals surface area contributed by atoms with Crippen LogP contribution >= 0.6 is 23.2 Å². The Labute approximate surface area is 151 Å². The van der Waals surface area contributed by atoms with E-state index in [2.05, 4.69) is 24.4 Å². The number of amides is 1. The van der Waals surface area contributed by atoms with E-state index in [1.165, 1.54) is 6.07 Å². The molecule has 0 saturated carbocycles. The average Bonchev–Trinajstić information content (AvgIpc) is 2.54. The number of carbonyl (C=O) groups is 1. The molecule has 0 saturated heterocycles. The van der Waals surface area contributed by atoms with E-state index in [1.807, 2.05) is 24.3 Å². The third-order valence-electron chi connectivity index (χ3n) is 3.02. The molecule has 0 heterocycles. The van der Waals surface area contributed by atoms with Gasteiger partial charge in [-0.25, -0.2) is 5.43 Å². The zero-order valence-corrected chi connectivity index (χ0v) is 14.9. The lowest BCUT2D eigenvalue weighted by Crippen LogP contribution is -2.18.